The second-order valence-electron chi connectivity index (χ2n) is 30.4. The van der Waals surface area contributed by atoms with E-state index in [1.807, 2.05) is 13.8 Å². The average molecular weight is 1410 g/mol. The summed E-state index contributed by atoms with van der Waals surface area (Å²) in [6.45, 7) is 38.0. The summed E-state index contributed by atoms with van der Waals surface area (Å²) in [5.41, 5.74) is 44.2. The molecule has 9 heterocycles. The van der Waals surface area contributed by atoms with Gasteiger partial charge in [0, 0.05) is 118 Å². The van der Waals surface area contributed by atoms with Gasteiger partial charge >= 0.3 is 0 Å². The van der Waals surface area contributed by atoms with Gasteiger partial charge in [0.1, 0.15) is 63.4 Å². The largest absolute Gasteiger partial charge is 0.280 e. The van der Waals surface area contributed by atoms with Gasteiger partial charge in [0.05, 0.1) is 33.4 Å². The van der Waals surface area contributed by atoms with Crippen LogP contribution < -0.4 is 41.1 Å². The molecule has 0 amide bonds. The Morgan fingerprint density at radius 1 is 0.200 bits per heavy atom. The SMILES string of the molecule is Cc1cc(-c2c(C)cc(C)c(-c3cc(C)c(C)c[n+]3C)c2C)[n+](C)cc1C.Cc1cc[n+](C)c(-c2c(C)cc(C)c(-c3cc(C)c(C)c[n+]3C)c2C)c1.Cc1ccc(-c2c(C)cc(C)c(-c3cc(C)c(C)c[n+]3C)[n+]2C)[n+](C)c1.[2H]C([2H])([2H])c1cc[n+](C)c(-c2c(C([2H])([2H])[2H])cc(C)c(-c3cc(C)c(C([2H])([2H])[2H])c[n+]3C)c2C)c1. The van der Waals surface area contributed by atoms with E-state index >= 15 is 0 Å². The van der Waals surface area contributed by atoms with Crippen LogP contribution in [0.5, 0.6) is 0 Å². The third-order valence-corrected chi connectivity index (χ3v) is 21.8. The molecule has 0 saturated carbocycles. The molecule has 12 aromatic rings. The molecule has 9 nitrogen and oxygen atoms in total. The summed E-state index contributed by atoms with van der Waals surface area (Å²) < 4.78 is 90.8. The van der Waals surface area contributed by atoms with Gasteiger partial charge < -0.3 is 0 Å². The molecule has 12 rings (SSSR count). The van der Waals surface area contributed by atoms with Gasteiger partial charge in [-0.15, -0.1) is 0 Å². The first kappa shape index (κ1) is 66.9. The van der Waals surface area contributed by atoms with Crippen LogP contribution in [0.4, 0.5) is 0 Å². The Balaban J connectivity index is 0.000000175. The maximum Gasteiger partial charge on any atom is 0.280 e. The zero-order chi connectivity index (χ0) is 85.1. The van der Waals surface area contributed by atoms with Crippen LogP contribution in [0.15, 0.2) is 141 Å². The lowest BCUT2D eigenvalue weighted by Gasteiger charge is -2.16. The van der Waals surface area contributed by atoms with E-state index in [-0.39, 0.29) is 16.7 Å². The van der Waals surface area contributed by atoms with Gasteiger partial charge in [-0.3, -0.25) is 0 Å². The van der Waals surface area contributed by atoms with Gasteiger partial charge in [-0.2, -0.15) is 13.7 Å². The Morgan fingerprint density at radius 3 is 0.838 bits per heavy atom. The standard InChI is InChI=1S/C25H32N2.2C24H30N2.C23H30N3/c1-15-11-22(26(8)13-19(15)5)24-17(3)10-18(4)25(21(24)7)23-12-16(2)20(6)14-27(23)9;2*1-15-9-10-25(7)21(11-15)23-17(3)12-18(4)24(20(23)6)22-13-16(2)19(5)14-26(22)8;1-15-9-10-20(24(6)13-15)22-17(3)11-18(4)23(26(22)8)21-12-16(2)19(5)14-25(21)7/h10-14H,1-9H3;3*9-14H,1-8H3/q3*+2;+3/i;1D3,3D3,5D3;;. The van der Waals surface area contributed by atoms with Crippen LogP contribution in [0.2, 0.25) is 0 Å². The lowest BCUT2D eigenvalue weighted by Crippen LogP contribution is -2.44. The van der Waals surface area contributed by atoms with Crippen LogP contribution >= 0.6 is 0 Å². The van der Waals surface area contributed by atoms with Crippen LogP contribution in [-0.4, -0.2) is 0 Å². The van der Waals surface area contributed by atoms with Crippen molar-refractivity contribution in [1.29, 1.82) is 0 Å². The Hall–Kier alpha value is -9.99. The van der Waals surface area contributed by atoms with Crippen LogP contribution in [0.25, 0.3) is 90.3 Å². The molecule has 0 N–H and O–H groups in total. The Kier molecular flexibility index (Phi) is 20.2. The number of benzene rings is 3. The lowest BCUT2D eigenvalue weighted by atomic mass is 9.88. The van der Waals surface area contributed by atoms with Gasteiger partial charge in [0.15, 0.2) is 49.6 Å². The summed E-state index contributed by atoms with van der Waals surface area (Å²) in [6, 6.07) is 31.5. The molecule has 0 aliphatic heterocycles. The van der Waals surface area contributed by atoms with E-state index in [9.17, 15) is 0 Å². The monoisotopic (exact) mass is 1410 g/mol. The molecule has 0 saturated heterocycles. The molecule has 3 aromatic carbocycles. The zero-order valence-electron chi connectivity index (χ0n) is 77.8. The van der Waals surface area contributed by atoms with Crippen molar-refractivity contribution in [2.24, 2.45) is 63.4 Å². The van der Waals surface area contributed by atoms with E-state index in [1.165, 1.54) is 180 Å². The third kappa shape index (κ3) is 16.3. The summed E-state index contributed by atoms with van der Waals surface area (Å²) in [5.74, 6) is 0. The predicted molar refractivity (Wildman–Crippen MR) is 434 cm³/mol. The molecule has 0 bridgehead atoms. The molecule has 9 aromatic heterocycles. The maximum atomic E-state index is 8.20. The molecule has 0 atom stereocenters. The summed E-state index contributed by atoms with van der Waals surface area (Å²) in [4.78, 5) is 0. The number of nitrogens with zero attached hydrogens (tertiary/aromatic N) is 9. The minimum Gasteiger partial charge on any atom is -0.201 e. The average Bonchev–Trinajstić information content (AvgIpc) is 0.735. The minimum atomic E-state index is -2.43. The zero-order valence-corrected chi connectivity index (χ0v) is 68.8. The molecule has 0 radical (unpaired) electrons. The Morgan fingerprint density at radius 2 is 0.476 bits per heavy atom. The van der Waals surface area contributed by atoms with Crippen LogP contribution in [-0.2, 0) is 63.4 Å². The van der Waals surface area contributed by atoms with Crippen LogP contribution in [0.3, 0.4) is 0 Å². The maximum absolute atomic E-state index is 8.20. The Labute approximate surface area is 644 Å². The van der Waals surface area contributed by atoms with Crippen molar-refractivity contribution in [3.8, 4) is 90.3 Å². The topological polar surface area (TPSA) is 34.9 Å². The number of hydrogen-bond acceptors (Lipinski definition) is 0. The molecule has 9 heteroatoms. The van der Waals surface area contributed by atoms with Crippen LogP contribution in [0, 0.1) is 166 Å². The molecule has 542 valence electrons. The smallest absolute Gasteiger partial charge is 0.201 e. The number of rotatable bonds is 8. The molecular weight excluding hydrogens is 1280 g/mol. The van der Waals surface area contributed by atoms with E-state index in [4.69, 9.17) is 12.3 Å². The molecule has 105 heavy (non-hydrogen) atoms. The molecule has 0 unspecified atom stereocenters. The normalized spacial score (nSPS) is 12.7. The van der Waals surface area contributed by atoms with Gasteiger partial charge in [-0.1, -0.05) is 18.2 Å². The van der Waals surface area contributed by atoms with Gasteiger partial charge in [0.25, 0.3) is 22.8 Å². The van der Waals surface area contributed by atoms with Crippen molar-refractivity contribution in [2.75, 3.05) is 0 Å². The van der Waals surface area contributed by atoms with Crippen molar-refractivity contribution in [3.05, 3.63) is 274 Å². The van der Waals surface area contributed by atoms with Crippen LogP contribution in [0.1, 0.15) is 146 Å². The highest BCUT2D eigenvalue weighted by molar-refractivity contribution is 5.81. The minimum absolute atomic E-state index is 0.118. The van der Waals surface area contributed by atoms with Crippen molar-refractivity contribution >= 4 is 0 Å². The van der Waals surface area contributed by atoms with Gasteiger partial charge in [0.2, 0.25) is 34.2 Å². The summed E-state index contributed by atoms with van der Waals surface area (Å²) >= 11 is 0. The molecule has 0 spiro atoms. The van der Waals surface area contributed by atoms with Crippen molar-refractivity contribution in [1.82, 2.24) is 0 Å². The highest BCUT2D eigenvalue weighted by Gasteiger charge is 2.33. The van der Waals surface area contributed by atoms with Gasteiger partial charge in [-0.25, -0.2) is 27.4 Å². The van der Waals surface area contributed by atoms with Crippen molar-refractivity contribution in [3.63, 3.8) is 0 Å². The second kappa shape index (κ2) is 31.8. The first-order valence-corrected chi connectivity index (χ1v) is 36.6. The number of pyridine rings is 9. The first-order valence-electron chi connectivity index (χ1n) is 41.1. The van der Waals surface area contributed by atoms with E-state index in [0.717, 1.165) is 16.8 Å². The number of hydrogen-bond donors (Lipinski definition) is 0. The number of aryl methyl sites for hydroxylation is 29. The first-order chi connectivity index (χ1) is 52.8. The summed E-state index contributed by atoms with van der Waals surface area (Å²) in [6.07, 6.45) is 16.5. The number of aromatic nitrogens is 9. The fraction of sp³-hybridized carbons (Fsp3) is 0.344. The van der Waals surface area contributed by atoms with E-state index in [0.29, 0.717) is 22.4 Å². The quantitative estimate of drug-likeness (QED) is 0.136. The van der Waals surface area contributed by atoms with E-state index in [1.54, 1.807) is 54.7 Å². The summed E-state index contributed by atoms with van der Waals surface area (Å²) in [7, 11) is 18.5. The van der Waals surface area contributed by atoms with E-state index in [2.05, 4.69) is 310 Å². The predicted octanol–water partition coefficient (Wildman–Crippen LogP) is 16.9. The van der Waals surface area contributed by atoms with Gasteiger partial charge in [-0.05, 0) is 267 Å². The molecule has 0 aliphatic rings. The highest BCUT2D eigenvalue weighted by atomic mass is 15.0. The van der Waals surface area contributed by atoms with Crippen molar-refractivity contribution < 1.29 is 53.4 Å². The fourth-order valence-corrected chi connectivity index (χ4v) is 15.7. The fourth-order valence-electron chi connectivity index (χ4n) is 15.7. The highest BCUT2D eigenvalue weighted by Crippen LogP contribution is 2.39. The lowest BCUT2D eigenvalue weighted by molar-refractivity contribution is -0.697. The molecule has 0 fully saturated rings. The second-order valence-corrected chi connectivity index (χ2v) is 30.4. The molecule has 0 aliphatic carbocycles. The van der Waals surface area contributed by atoms with E-state index < -0.39 is 20.6 Å². The third-order valence-electron chi connectivity index (χ3n) is 21.8. The molecular formula is C96H122N9+9. The van der Waals surface area contributed by atoms with Crippen molar-refractivity contribution in [2.45, 2.75) is 166 Å². The summed E-state index contributed by atoms with van der Waals surface area (Å²) in [5, 5.41) is 0. The Bertz CT molecular complexity index is 5740.